The van der Waals surface area contributed by atoms with Crippen molar-refractivity contribution in [1.29, 1.82) is 0 Å². The van der Waals surface area contributed by atoms with Crippen LogP contribution >= 0.6 is 0 Å². The molecule has 2 atom stereocenters. The highest BCUT2D eigenvalue weighted by molar-refractivity contribution is 5.31. The first kappa shape index (κ1) is 14.1. The summed E-state index contributed by atoms with van der Waals surface area (Å²) in [7, 11) is 2.05. The summed E-state index contributed by atoms with van der Waals surface area (Å²) in [5.74, 6) is 0. The second-order valence-corrected chi connectivity index (χ2v) is 6.01. The van der Waals surface area contributed by atoms with E-state index in [1.165, 1.54) is 36.9 Å². The highest BCUT2D eigenvalue weighted by Gasteiger charge is 2.28. The maximum Gasteiger partial charge on any atom is 0.0954 e. The third-order valence-electron chi connectivity index (χ3n) is 4.68. The van der Waals surface area contributed by atoms with Gasteiger partial charge in [0, 0.05) is 19.1 Å². The molecule has 1 saturated heterocycles. The zero-order chi connectivity index (χ0) is 13.8. The molecule has 0 radical (unpaired) electrons. The summed E-state index contributed by atoms with van der Waals surface area (Å²) in [6, 6.07) is 9.46. The van der Waals surface area contributed by atoms with E-state index in [1.807, 2.05) is 0 Å². The molecule has 3 nitrogen and oxygen atoms in total. The molecule has 110 valence electrons. The van der Waals surface area contributed by atoms with Gasteiger partial charge in [0.2, 0.25) is 0 Å². The summed E-state index contributed by atoms with van der Waals surface area (Å²) >= 11 is 0. The van der Waals surface area contributed by atoms with Gasteiger partial charge in [-0.25, -0.2) is 0 Å². The number of hydrogen-bond acceptors (Lipinski definition) is 3. The molecule has 1 fully saturated rings. The van der Waals surface area contributed by atoms with E-state index >= 15 is 0 Å². The van der Waals surface area contributed by atoms with Gasteiger partial charge < -0.3 is 10.1 Å². The van der Waals surface area contributed by atoms with Crippen molar-refractivity contribution in [3.63, 3.8) is 0 Å². The monoisotopic (exact) mass is 274 g/mol. The molecule has 0 saturated carbocycles. The standard InChI is InChI=1S/C17H26N2O/c1-18-12-15-7-4-5-10-19(15)13-17-16-8-3-2-6-14(16)9-11-20-17/h2-3,6,8,15,17-18H,4-5,7,9-13H2,1H3. The lowest BCUT2D eigenvalue weighted by Gasteiger charge is -2.39. The summed E-state index contributed by atoms with van der Waals surface area (Å²) in [5, 5.41) is 3.34. The van der Waals surface area contributed by atoms with Crippen LogP contribution in [0.1, 0.15) is 36.5 Å². The molecule has 0 aromatic heterocycles. The molecule has 20 heavy (non-hydrogen) atoms. The fraction of sp³-hybridized carbons (Fsp3) is 0.647. The zero-order valence-electron chi connectivity index (χ0n) is 12.5. The molecule has 0 aliphatic carbocycles. The number of hydrogen-bond donors (Lipinski definition) is 1. The van der Waals surface area contributed by atoms with Gasteiger partial charge in [0.15, 0.2) is 0 Å². The van der Waals surface area contributed by atoms with Gasteiger partial charge in [-0.1, -0.05) is 30.7 Å². The number of ether oxygens (including phenoxy) is 1. The van der Waals surface area contributed by atoms with Crippen LogP contribution in [-0.4, -0.2) is 44.2 Å². The van der Waals surface area contributed by atoms with Crippen LogP contribution in [-0.2, 0) is 11.2 Å². The number of likely N-dealkylation sites (tertiary alicyclic amines) is 1. The SMILES string of the molecule is CNCC1CCCCN1CC1OCCc2ccccc21. The molecule has 0 spiro atoms. The number of nitrogens with one attached hydrogen (secondary N) is 1. The Bertz CT molecular complexity index is 433. The van der Waals surface area contributed by atoms with Gasteiger partial charge in [0.25, 0.3) is 0 Å². The smallest absolute Gasteiger partial charge is 0.0954 e. The molecule has 1 aromatic rings. The first-order chi connectivity index (χ1) is 9.88. The van der Waals surface area contributed by atoms with Crippen LogP contribution in [0.2, 0.25) is 0 Å². The maximum atomic E-state index is 6.07. The van der Waals surface area contributed by atoms with Crippen LogP contribution in [0.25, 0.3) is 0 Å². The second-order valence-electron chi connectivity index (χ2n) is 6.01. The number of fused-ring (bicyclic) bond motifs is 1. The van der Waals surface area contributed by atoms with E-state index in [1.54, 1.807) is 0 Å². The van der Waals surface area contributed by atoms with E-state index in [0.29, 0.717) is 6.04 Å². The van der Waals surface area contributed by atoms with E-state index in [-0.39, 0.29) is 6.10 Å². The number of rotatable bonds is 4. The van der Waals surface area contributed by atoms with E-state index in [9.17, 15) is 0 Å². The van der Waals surface area contributed by atoms with Crippen LogP contribution in [0.5, 0.6) is 0 Å². The highest BCUT2D eigenvalue weighted by Crippen LogP contribution is 2.29. The normalized spacial score (nSPS) is 27.2. The molecule has 2 unspecified atom stereocenters. The van der Waals surface area contributed by atoms with E-state index in [4.69, 9.17) is 4.74 Å². The van der Waals surface area contributed by atoms with Gasteiger partial charge >= 0.3 is 0 Å². The van der Waals surface area contributed by atoms with Crippen molar-refractivity contribution >= 4 is 0 Å². The first-order valence-corrected chi connectivity index (χ1v) is 7.96. The van der Waals surface area contributed by atoms with Gasteiger partial charge in [-0.3, -0.25) is 4.90 Å². The van der Waals surface area contributed by atoms with Crippen molar-refractivity contribution in [2.24, 2.45) is 0 Å². The Kier molecular flexibility index (Phi) is 4.71. The highest BCUT2D eigenvalue weighted by atomic mass is 16.5. The lowest BCUT2D eigenvalue weighted by atomic mass is 9.95. The van der Waals surface area contributed by atoms with Gasteiger partial charge in [-0.05, 0) is 44.0 Å². The lowest BCUT2D eigenvalue weighted by Crippen LogP contribution is -2.47. The minimum atomic E-state index is 0.261. The third-order valence-corrected chi connectivity index (χ3v) is 4.68. The number of nitrogens with zero attached hydrogens (tertiary/aromatic N) is 1. The van der Waals surface area contributed by atoms with E-state index in [0.717, 1.165) is 26.1 Å². The van der Waals surface area contributed by atoms with Gasteiger partial charge in [0.05, 0.1) is 12.7 Å². The molecule has 1 aromatic carbocycles. The van der Waals surface area contributed by atoms with Crippen LogP contribution in [0.15, 0.2) is 24.3 Å². The largest absolute Gasteiger partial charge is 0.372 e. The van der Waals surface area contributed by atoms with Crippen LogP contribution in [0.3, 0.4) is 0 Å². The summed E-state index contributed by atoms with van der Waals surface area (Å²) in [6.07, 6.45) is 5.33. The molecule has 2 heterocycles. The molecule has 1 N–H and O–H groups in total. The topological polar surface area (TPSA) is 24.5 Å². The number of piperidine rings is 1. The predicted octanol–water partition coefficient (Wildman–Crippen LogP) is 2.37. The molecule has 2 aliphatic rings. The van der Waals surface area contributed by atoms with Crippen molar-refractivity contribution in [2.75, 3.05) is 33.3 Å². The molecule has 3 rings (SSSR count). The quantitative estimate of drug-likeness (QED) is 0.912. The molecular formula is C17H26N2O. The van der Waals surface area contributed by atoms with E-state index in [2.05, 4.69) is 41.5 Å². The lowest BCUT2D eigenvalue weighted by molar-refractivity contribution is -0.000955. The summed E-state index contributed by atoms with van der Waals surface area (Å²) < 4.78 is 6.07. The molecular weight excluding hydrogens is 248 g/mol. The fourth-order valence-corrected chi connectivity index (χ4v) is 3.61. The van der Waals surface area contributed by atoms with Crippen molar-refractivity contribution in [2.45, 2.75) is 37.8 Å². The third kappa shape index (κ3) is 3.05. The minimum absolute atomic E-state index is 0.261. The molecule has 0 amide bonds. The van der Waals surface area contributed by atoms with Crippen LogP contribution in [0.4, 0.5) is 0 Å². The Morgan fingerprint density at radius 1 is 1.30 bits per heavy atom. The predicted molar refractivity (Wildman–Crippen MR) is 82.0 cm³/mol. The Morgan fingerprint density at radius 3 is 3.10 bits per heavy atom. The fourth-order valence-electron chi connectivity index (χ4n) is 3.61. The van der Waals surface area contributed by atoms with E-state index < -0.39 is 0 Å². The molecule has 0 bridgehead atoms. The minimum Gasteiger partial charge on any atom is -0.372 e. The van der Waals surface area contributed by atoms with Crippen molar-refractivity contribution in [3.05, 3.63) is 35.4 Å². The average molecular weight is 274 g/mol. The van der Waals surface area contributed by atoms with Crippen LogP contribution < -0.4 is 5.32 Å². The second kappa shape index (κ2) is 6.70. The van der Waals surface area contributed by atoms with Crippen molar-refractivity contribution < 1.29 is 4.74 Å². The summed E-state index contributed by atoms with van der Waals surface area (Å²) in [5.41, 5.74) is 2.89. The van der Waals surface area contributed by atoms with Crippen molar-refractivity contribution in [3.8, 4) is 0 Å². The summed E-state index contributed by atoms with van der Waals surface area (Å²) in [4.78, 5) is 2.63. The van der Waals surface area contributed by atoms with Gasteiger partial charge in [-0.15, -0.1) is 0 Å². The number of benzene rings is 1. The molecule has 3 heteroatoms. The average Bonchev–Trinajstić information content (AvgIpc) is 2.50. The Hall–Kier alpha value is -0.900. The maximum absolute atomic E-state index is 6.07. The number of likely N-dealkylation sites (N-methyl/N-ethyl adjacent to an activating group) is 1. The Balaban J connectivity index is 1.71. The Morgan fingerprint density at radius 2 is 2.20 bits per heavy atom. The summed E-state index contributed by atoms with van der Waals surface area (Å²) in [6.45, 7) is 4.22. The van der Waals surface area contributed by atoms with Gasteiger partial charge in [-0.2, -0.15) is 0 Å². The van der Waals surface area contributed by atoms with Crippen molar-refractivity contribution in [1.82, 2.24) is 10.2 Å². The zero-order valence-corrected chi connectivity index (χ0v) is 12.5. The van der Waals surface area contributed by atoms with Gasteiger partial charge in [0.1, 0.15) is 0 Å². The van der Waals surface area contributed by atoms with Crippen LogP contribution in [0, 0.1) is 0 Å². The first-order valence-electron chi connectivity index (χ1n) is 7.96. The Labute approximate surface area is 122 Å². The molecule has 2 aliphatic heterocycles.